The minimum atomic E-state index is 0.144. The van der Waals surface area contributed by atoms with E-state index in [9.17, 15) is 0 Å². The Kier molecular flexibility index (Phi) is 2.57. The maximum Gasteiger partial charge on any atom is 0.113 e. The van der Waals surface area contributed by atoms with Crippen LogP contribution < -0.4 is 16.4 Å². The van der Waals surface area contributed by atoms with Gasteiger partial charge in [0.2, 0.25) is 0 Å². The molecule has 0 saturated carbocycles. The van der Waals surface area contributed by atoms with Crippen molar-refractivity contribution in [2.45, 2.75) is 11.8 Å². The van der Waals surface area contributed by atoms with Gasteiger partial charge in [0.1, 0.15) is 23.5 Å². The third kappa shape index (κ3) is 1.55. The summed E-state index contributed by atoms with van der Waals surface area (Å²) in [7, 11) is 18.6. The highest BCUT2D eigenvalue weighted by molar-refractivity contribution is 6.57. The van der Waals surface area contributed by atoms with Crippen molar-refractivity contribution in [3.8, 4) is 0 Å². The van der Waals surface area contributed by atoms with Crippen molar-refractivity contribution >= 4 is 39.9 Å². The van der Waals surface area contributed by atoms with E-state index in [1.54, 1.807) is 0 Å². The largest absolute Gasteiger partial charge is 0.113 e. The maximum atomic E-state index is 6.40. The molecular weight excluding hydrogens is 273 g/mol. The molecule has 0 atom stereocenters. The van der Waals surface area contributed by atoms with Gasteiger partial charge in [-0.3, -0.25) is 0 Å². The minimum Gasteiger partial charge on any atom is -0.110 e. The molecule has 0 fully saturated rings. The molecular formula is C20H11B3. The Balaban J connectivity index is 1.94. The Morgan fingerprint density at radius 3 is 1.57 bits per heavy atom. The summed E-state index contributed by atoms with van der Waals surface area (Å²) in [5.41, 5.74) is 9.43. The van der Waals surface area contributed by atoms with Gasteiger partial charge in [-0.05, 0) is 33.4 Å². The molecule has 0 nitrogen and oxygen atoms in total. The molecule has 6 rings (SSSR count). The highest BCUT2D eigenvalue weighted by atomic mass is 14.4. The smallest absolute Gasteiger partial charge is 0.110 e. The minimum absolute atomic E-state index is 0.144. The van der Waals surface area contributed by atoms with Crippen LogP contribution in [0.15, 0.2) is 54.6 Å². The van der Waals surface area contributed by atoms with Crippen LogP contribution in [0.4, 0.5) is 0 Å². The van der Waals surface area contributed by atoms with Gasteiger partial charge in [0.05, 0.1) is 0 Å². The summed E-state index contributed by atoms with van der Waals surface area (Å²) in [5.74, 6) is 0.331. The fourth-order valence-corrected chi connectivity index (χ4v) is 4.39. The SMILES string of the molecule is [B]c1cc2c(c([B])c1[B])C1c3ccccc3C2c2ccccc21. The Bertz CT molecular complexity index is 927. The van der Waals surface area contributed by atoms with Crippen molar-refractivity contribution in [1.82, 2.24) is 0 Å². The maximum absolute atomic E-state index is 6.40. The molecule has 0 N–H and O–H groups in total. The quantitative estimate of drug-likeness (QED) is 0.373. The van der Waals surface area contributed by atoms with E-state index < -0.39 is 0 Å². The first-order valence-electron chi connectivity index (χ1n) is 7.83. The first-order chi connectivity index (χ1) is 11.2. The zero-order valence-electron chi connectivity index (χ0n) is 12.6. The number of rotatable bonds is 0. The molecule has 100 valence electrons. The second-order valence-corrected chi connectivity index (χ2v) is 6.42. The summed E-state index contributed by atoms with van der Waals surface area (Å²) in [6, 6.07) is 19.3. The molecule has 0 saturated heterocycles. The van der Waals surface area contributed by atoms with E-state index >= 15 is 0 Å². The van der Waals surface area contributed by atoms with Gasteiger partial charge in [0.15, 0.2) is 0 Å². The topological polar surface area (TPSA) is 0 Å². The second-order valence-electron chi connectivity index (χ2n) is 6.42. The molecule has 0 heterocycles. The highest BCUT2D eigenvalue weighted by Gasteiger charge is 2.41. The van der Waals surface area contributed by atoms with Crippen LogP contribution in [0.25, 0.3) is 0 Å². The average Bonchev–Trinajstić information content (AvgIpc) is 2.59. The van der Waals surface area contributed by atoms with Gasteiger partial charge in [0.25, 0.3) is 0 Å². The van der Waals surface area contributed by atoms with Crippen LogP contribution in [0.1, 0.15) is 45.2 Å². The summed E-state index contributed by atoms with van der Waals surface area (Å²) < 4.78 is 0. The lowest BCUT2D eigenvalue weighted by atomic mass is 9.56. The van der Waals surface area contributed by atoms with Crippen molar-refractivity contribution in [3.63, 3.8) is 0 Å². The molecule has 0 aromatic heterocycles. The fraction of sp³-hybridized carbons (Fsp3) is 0.100. The van der Waals surface area contributed by atoms with E-state index in [-0.39, 0.29) is 11.8 Å². The molecule has 0 spiro atoms. The van der Waals surface area contributed by atoms with Crippen LogP contribution in [0.2, 0.25) is 0 Å². The summed E-state index contributed by atoms with van der Waals surface area (Å²) in [5, 5.41) is 0. The van der Waals surface area contributed by atoms with E-state index in [0.717, 1.165) is 5.56 Å². The lowest BCUT2D eigenvalue weighted by molar-refractivity contribution is 0.760. The van der Waals surface area contributed by atoms with Crippen molar-refractivity contribution in [2.24, 2.45) is 0 Å². The van der Waals surface area contributed by atoms with Crippen molar-refractivity contribution < 1.29 is 0 Å². The fourth-order valence-electron chi connectivity index (χ4n) is 4.39. The van der Waals surface area contributed by atoms with E-state index in [1.807, 2.05) is 6.07 Å². The second kappa shape index (κ2) is 4.44. The molecule has 6 radical (unpaired) electrons. The van der Waals surface area contributed by atoms with Crippen LogP contribution in [0.5, 0.6) is 0 Å². The van der Waals surface area contributed by atoms with Gasteiger partial charge in [-0.25, -0.2) is 0 Å². The molecule has 0 aliphatic heterocycles. The van der Waals surface area contributed by atoms with Crippen molar-refractivity contribution in [3.05, 3.63) is 88.0 Å². The van der Waals surface area contributed by atoms with E-state index in [0.29, 0.717) is 16.4 Å². The van der Waals surface area contributed by atoms with Gasteiger partial charge >= 0.3 is 0 Å². The number of hydrogen-bond donors (Lipinski definition) is 0. The van der Waals surface area contributed by atoms with E-state index in [2.05, 4.69) is 48.5 Å². The molecule has 3 aromatic carbocycles. The molecule has 3 aliphatic rings. The van der Waals surface area contributed by atoms with Crippen LogP contribution >= 0.6 is 0 Å². The van der Waals surface area contributed by atoms with Crippen molar-refractivity contribution in [2.75, 3.05) is 0 Å². The lowest BCUT2D eigenvalue weighted by Crippen LogP contribution is -2.45. The van der Waals surface area contributed by atoms with Gasteiger partial charge in [0, 0.05) is 11.8 Å². The van der Waals surface area contributed by atoms with Gasteiger partial charge in [-0.15, -0.1) is 10.9 Å². The van der Waals surface area contributed by atoms with E-state index in [4.69, 9.17) is 23.5 Å². The molecule has 3 aromatic rings. The molecule has 3 aliphatic carbocycles. The molecule has 23 heavy (non-hydrogen) atoms. The monoisotopic (exact) mass is 284 g/mol. The predicted molar refractivity (Wildman–Crippen MR) is 97.4 cm³/mol. The van der Waals surface area contributed by atoms with Crippen LogP contribution in [0, 0.1) is 0 Å². The standard InChI is InChI=1S/C20H11B3/c21-15-9-14-16-10-5-1-3-7-12(10)17(18(14)20(23)19(15)22)13-8-4-2-6-11(13)16/h1-9,16-17H. The normalized spacial score (nSPS) is 19.8. The zero-order chi connectivity index (χ0) is 15.7. The first-order valence-corrected chi connectivity index (χ1v) is 7.83. The molecule has 2 bridgehead atoms. The summed E-state index contributed by atoms with van der Waals surface area (Å²) in [6.45, 7) is 0. The van der Waals surface area contributed by atoms with Crippen LogP contribution in [-0.2, 0) is 0 Å². The van der Waals surface area contributed by atoms with Gasteiger partial charge in [-0.1, -0.05) is 60.1 Å². The predicted octanol–water partition coefficient (Wildman–Crippen LogP) is 1.06. The summed E-state index contributed by atoms with van der Waals surface area (Å²) >= 11 is 0. The Hall–Kier alpha value is -2.15. The van der Waals surface area contributed by atoms with Crippen molar-refractivity contribution in [1.29, 1.82) is 0 Å². The third-order valence-electron chi connectivity index (χ3n) is 5.35. The first kappa shape index (κ1) is 13.3. The highest BCUT2D eigenvalue weighted by Crippen LogP contribution is 2.54. The Morgan fingerprint density at radius 2 is 1.04 bits per heavy atom. The van der Waals surface area contributed by atoms with Gasteiger partial charge in [-0.2, -0.15) is 0 Å². The number of hydrogen-bond acceptors (Lipinski definition) is 0. The van der Waals surface area contributed by atoms with E-state index in [1.165, 1.54) is 27.8 Å². The molecule has 0 unspecified atom stereocenters. The van der Waals surface area contributed by atoms with Gasteiger partial charge < -0.3 is 0 Å². The number of benzene rings is 3. The Morgan fingerprint density at radius 1 is 0.565 bits per heavy atom. The summed E-state index contributed by atoms with van der Waals surface area (Å²) in [6.07, 6.45) is 0. The zero-order valence-corrected chi connectivity index (χ0v) is 12.6. The Labute approximate surface area is 140 Å². The average molecular weight is 284 g/mol. The molecule has 0 amide bonds. The third-order valence-corrected chi connectivity index (χ3v) is 5.35. The lowest BCUT2D eigenvalue weighted by Gasteiger charge is -2.44. The van der Waals surface area contributed by atoms with Crippen LogP contribution in [0.3, 0.4) is 0 Å². The van der Waals surface area contributed by atoms with Crippen LogP contribution in [-0.4, -0.2) is 23.5 Å². The molecule has 3 heteroatoms. The summed E-state index contributed by atoms with van der Waals surface area (Å²) in [4.78, 5) is 0.